The molecule has 0 amide bonds. The summed E-state index contributed by atoms with van der Waals surface area (Å²) >= 11 is 0. The molecule has 2 saturated heterocycles. The number of ether oxygens (including phenoxy) is 5. The molecule has 2 aliphatic rings. The minimum Gasteiger partial charge on any atom is -0.368 e. The van der Waals surface area contributed by atoms with E-state index >= 15 is 0 Å². The van der Waals surface area contributed by atoms with Gasteiger partial charge in [0.1, 0.15) is 6.10 Å². The normalized spacial score (nSPS) is 36.3. The number of carbonyl (C=O) groups excluding carboxylic acids is 1. The molecule has 0 aliphatic carbocycles. The molecule has 3 rings (SSSR count). The van der Waals surface area contributed by atoms with Crippen molar-refractivity contribution in [1.82, 2.24) is 0 Å². The molecule has 2 aliphatic heterocycles. The van der Waals surface area contributed by atoms with Crippen molar-refractivity contribution in [2.45, 2.75) is 30.9 Å². The highest BCUT2D eigenvalue weighted by Crippen LogP contribution is 2.32. The van der Waals surface area contributed by atoms with E-state index < -0.39 is 30.9 Å². The molecule has 1 aromatic carbocycles. The number of hydrogen-bond donors (Lipinski definition) is 0. The van der Waals surface area contributed by atoms with Gasteiger partial charge < -0.3 is 23.7 Å². The molecular weight excluding hydrogens is 276 g/mol. The Morgan fingerprint density at radius 1 is 1.10 bits per heavy atom. The summed E-state index contributed by atoms with van der Waals surface area (Å²) in [6.45, 7) is 0.270. The Balaban J connectivity index is 1.77. The molecule has 114 valence electrons. The predicted octanol–water partition coefficient (Wildman–Crippen LogP) is 1.06. The largest absolute Gasteiger partial charge is 0.368 e. The molecule has 2 fully saturated rings. The van der Waals surface area contributed by atoms with E-state index in [-0.39, 0.29) is 12.4 Å². The van der Waals surface area contributed by atoms with Gasteiger partial charge in [-0.15, -0.1) is 0 Å². The van der Waals surface area contributed by atoms with Crippen LogP contribution in [-0.2, 0) is 28.5 Å². The molecule has 6 heteroatoms. The summed E-state index contributed by atoms with van der Waals surface area (Å²) < 4.78 is 27.4. The third-order valence-corrected chi connectivity index (χ3v) is 3.69. The van der Waals surface area contributed by atoms with Crippen LogP contribution in [0.2, 0.25) is 0 Å². The molecule has 21 heavy (non-hydrogen) atoms. The van der Waals surface area contributed by atoms with E-state index in [1.807, 2.05) is 30.3 Å². The number of hydrogen-bond acceptors (Lipinski definition) is 6. The van der Waals surface area contributed by atoms with E-state index in [1.165, 1.54) is 14.2 Å². The summed E-state index contributed by atoms with van der Waals surface area (Å²) in [4.78, 5) is 12.5. The lowest BCUT2D eigenvalue weighted by molar-refractivity contribution is -0.315. The van der Waals surface area contributed by atoms with Gasteiger partial charge >= 0.3 is 0 Å². The van der Waals surface area contributed by atoms with Gasteiger partial charge in [0, 0.05) is 19.8 Å². The average Bonchev–Trinajstić information content (AvgIpc) is 2.55. The monoisotopic (exact) mass is 294 g/mol. The number of ketones is 1. The number of benzene rings is 1. The van der Waals surface area contributed by atoms with Gasteiger partial charge in [0.15, 0.2) is 30.6 Å². The molecule has 0 aromatic heterocycles. The Bertz CT molecular complexity index is 490. The number of Topliss-reactive ketones (excluding diaryl/α,β-unsaturated/α-hetero) is 1. The topological polar surface area (TPSA) is 63.2 Å². The van der Waals surface area contributed by atoms with E-state index in [2.05, 4.69) is 0 Å². The van der Waals surface area contributed by atoms with Crippen LogP contribution in [0.25, 0.3) is 0 Å². The minimum atomic E-state index is -0.786. The lowest BCUT2D eigenvalue weighted by Gasteiger charge is -2.43. The third-order valence-electron chi connectivity index (χ3n) is 3.69. The SMILES string of the molecule is CO[C@H]1O[C@@H]2CO[C@@H](c3ccccc3)O[C@H]2C(=O)[C@H]1OC. The highest BCUT2D eigenvalue weighted by molar-refractivity contribution is 5.89. The molecular formula is C15H18O6. The summed E-state index contributed by atoms with van der Waals surface area (Å²) in [5.74, 6) is -0.176. The van der Waals surface area contributed by atoms with Crippen LogP contribution in [0.4, 0.5) is 0 Å². The van der Waals surface area contributed by atoms with Crippen LogP contribution in [0, 0.1) is 0 Å². The standard InChI is InChI=1S/C15H18O6/c1-17-13-11(16)12-10(20-15(13)18-2)8-19-14(21-12)9-6-4-3-5-7-9/h3-7,10,12-15H,8H2,1-2H3/t10-,12-,13-,14-,15+/m1/s1. The zero-order valence-electron chi connectivity index (χ0n) is 11.9. The van der Waals surface area contributed by atoms with E-state index in [0.717, 1.165) is 5.56 Å². The molecule has 2 heterocycles. The molecule has 0 radical (unpaired) electrons. The lowest BCUT2D eigenvalue weighted by Crippen LogP contribution is -2.60. The molecule has 6 nitrogen and oxygen atoms in total. The van der Waals surface area contributed by atoms with E-state index in [9.17, 15) is 4.79 Å². The van der Waals surface area contributed by atoms with Gasteiger partial charge in [-0.05, 0) is 0 Å². The maximum atomic E-state index is 12.5. The van der Waals surface area contributed by atoms with Crippen LogP contribution in [0.5, 0.6) is 0 Å². The number of fused-ring (bicyclic) bond motifs is 1. The van der Waals surface area contributed by atoms with Crippen molar-refractivity contribution in [3.05, 3.63) is 35.9 Å². The zero-order valence-corrected chi connectivity index (χ0v) is 11.9. The summed E-state index contributed by atoms with van der Waals surface area (Å²) in [6.07, 6.45) is -3.28. The second-order valence-electron chi connectivity index (χ2n) is 4.97. The Morgan fingerprint density at radius 2 is 1.86 bits per heavy atom. The van der Waals surface area contributed by atoms with Crippen molar-refractivity contribution >= 4 is 5.78 Å². The highest BCUT2D eigenvalue weighted by atomic mass is 16.8. The Kier molecular flexibility index (Phi) is 4.32. The maximum Gasteiger partial charge on any atom is 0.198 e. The molecule has 0 spiro atoms. The Labute approximate surface area is 122 Å². The van der Waals surface area contributed by atoms with E-state index in [1.54, 1.807) is 0 Å². The smallest absolute Gasteiger partial charge is 0.198 e. The van der Waals surface area contributed by atoms with Crippen molar-refractivity contribution in [3.8, 4) is 0 Å². The first-order valence-corrected chi connectivity index (χ1v) is 6.81. The quantitative estimate of drug-likeness (QED) is 0.830. The first-order valence-electron chi connectivity index (χ1n) is 6.81. The summed E-state index contributed by atoms with van der Waals surface area (Å²) in [5, 5.41) is 0. The van der Waals surface area contributed by atoms with Gasteiger partial charge in [0.2, 0.25) is 0 Å². The summed E-state index contributed by atoms with van der Waals surface area (Å²) in [6, 6.07) is 9.49. The van der Waals surface area contributed by atoms with Gasteiger partial charge in [-0.3, -0.25) is 4.79 Å². The van der Waals surface area contributed by atoms with Crippen molar-refractivity contribution < 1.29 is 28.5 Å². The fourth-order valence-corrected chi connectivity index (χ4v) is 2.62. The average molecular weight is 294 g/mol. The van der Waals surface area contributed by atoms with Crippen molar-refractivity contribution in [2.75, 3.05) is 20.8 Å². The van der Waals surface area contributed by atoms with Crippen LogP contribution in [0.15, 0.2) is 30.3 Å². The van der Waals surface area contributed by atoms with Crippen LogP contribution in [0.1, 0.15) is 11.9 Å². The summed E-state index contributed by atoms with van der Waals surface area (Å²) in [5.41, 5.74) is 0.867. The second kappa shape index (κ2) is 6.21. The van der Waals surface area contributed by atoms with Crippen molar-refractivity contribution in [3.63, 3.8) is 0 Å². The van der Waals surface area contributed by atoms with Gasteiger partial charge in [0.25, 0.3) is 0 Å². The zero-order chi connectivity index (χ0) is 14.8. The Hall–Kier alpha value is -1.31. The van der Waals surface area contributed by atoms with Crippen molar-refractivity contribution in [1.29, 1.82) is 0 Å². The first kappa shape index (κ1) is 14.6. The van der Waals surface area contributed by atoms with Crippen molar-refractivity contribution in [2.24, 2.45) is 0 Å². The first-order chi connectivity index (χ1) is 10.2. The third kappa shape index (κ3) is 2.73. The maximum absolute atomic E-state index is 12.5. The lowest BCUT2D eigenvalue weighted by atomic mass is 9.99. The molecule has 0 N–H and O–H groups in total. The molecule has 0 unspecified atom stereocenters. The highest BCUT2D eigenvalue weighted by Gasteiger charge is 2.49. The van der Waals surface area contributed by atoms with Crippen LogP contribution < -0.4 is 0 Å². The fourth-order valence-electron chi connectivity index (χ4n) is 2.62. The summed E-state index contributed by atoms with van der Waals surface area (Å²) in [7, 11) is 2.92. The van der Waals surface area contributed by atoms with E-state index in [0.29, 0.717) is 0 Å². The van der Waals surface area contributed by atoms with E-state index in [4.69, 9.17) is 23.7 Å². The van der Waals surface area contributed by atoms with Gasteiger partial charge in [-0.2, -0.15) is 0 Å². The molecule has 5 atom stereocenters. The molecule has 0 saturated carbocycles. The fraction of sp³-hybridized carbons (Fsp3) is 0.533. The number of rotatable bonds is 3. The molecule has 1 aromatic rings. The van der Waals surface area contributed by atoms with Crippen LogP contribution in [-0.4, -0.2) is 51.2 Å². The van der Waals surface area contributed by atoms with Crippen LogP contribution >= 0.6 is 0 Å². The Morgan fingerprint density at radius 3 is 2.52 bits per heavy atom. The minimum absolute atomic E-state index is 0.176. The van der Waals surface area contributed by atoms with Crippen LogP contribution in [0.3, 0.4) is 0 Å². The number of methoxy groups -OCH3 is 2. The second-order valence-corrected chi connectivity index (χ2v) is 4.97. The number of carbonyl (C=O) groups is 1. The van der Waals surface area contributed by atoms with Gasteiger partial charge in [0.05, 0.1) is 6.61 Å². The van der Waals surface area contributed by atoms with Gasteiger partial charge in [-0.25, -0.2) is 0 Å². The predicted molar refractivity (Wildman–Crippen MR) is 71.5 cm³/mol. The van der Waals surface area contributed by atoms with Gasteiger partial charge in [-0.1, -0.05) is 30.3 Å². The molecule has 0 bridgehead atoms.